The summed E-state index contributed by atoms with van der Waals surface area (Å²) in [6, 6.07) is 6.05. The average Bonchev–Trinajstić information content (AvgIpc) is 2.09. The smallest absolute Gasteiger partial charge is 0.0650 e. The van der Waals surface area contributed by atoms with Gasteiger partial charge in [-0.2, -0.15) is 0 Å². The van der Waals surface area contributed by atoms with Crippen molar-refractivity contribution >= 4 is 45.2 Å². The van der Waals surface area contributed by atoms with Crippen LogP contribution >= 0.6 is 45.2 Å². The number of halogens is 2. The fourth-order valence-electron chi connectivity index (χ4n) is 1.02. The second kappa shape index (κ2) is 4.41. The molecule has 0 radical (unpaired) electrons. The Bertz CT molecular complexity index is 312. The molecule has 0 aliphatic heterocycles. The van der Waals surface area contributed by atoms with E-state index in [4.69, 9.17) is 10.8 Å². The van der Waals surface area contributed by atoms with E-state index in [-0.39, 0.29) is 6.61 Å². The van der Waals surface area contributed by atoms with E-state index in [0.29, 0.717) is 0 Å². The number of aliphatic hydroxyl groups is 1. The maximum absolute atomic E-state index is 9.13. The van der Waals surface area contributed by atoms with Crippen LogP contribution in [0, 0.1) is 7.14 Å². The second-order valence-electron chi connectivity index (χ2n) is 3.20. The molecule has 1 aromatic carbocycles. The molecule has 0 unspecified atom stereocenters. The Morgan fingerprint density at radius 3 is 2.62 bits per heavy atom. The minimum Gasteiger partial charge on any atom is -0.394 e. The molecule has 72 valence electrons. The first-order chi connectivity index (χ1) is 5.97. The Hall–Kier alpha value is 0.600. The van der Waals surface area contributed by atoms with E-state index in [9.17, 15) is 0 Å². The van der Waals surface area contributed by atoms with Crippen LogP contribution in [0.3, 0.4) is 0 Å². The average molecular weight is 403 g/mol. The highest BCUT2D eigenvalue weighted by molar-refractivity contribution is 14.1. The van der Waals surface area contributed by atoms with Gasteiger partial charge in [-0.25, -0.2) is 0 Å². The summed E-state index contributed by atoms with van der Waals surface area (Å²) in [6.45, 7) is 1.80. The van der Waals surface area contributed by atoms with Crippen LogP contribution < -0.4 is 5.73 Å². The summed E-state index contributed by atoms with van der Waals surface area (Å²) in [5, 5.41) is 9.13. The predicted octanol–water partition coefficient (Wildman–Crippen LogP) is 2.06. The maximum Gasteiger partial charge on any atom is 0.0650 e. The first kappa shape index (κ1) is 11.7. The van der Waals surface area contributed by atoms with Gasteiger partial charge >= 0.3 is 0 Å². The van der Waals surface area contributed by atoms with Crippen LogP contribution in [0.4, 0.5) is 0 Å². The highest BCUT2D eigenvalue weighted by atomic mass is 127. The number of nitrogens with two attached hydrogens (primary N) is 1. The minimum atomic E-state index is -0.641. The molecule has 0 saturated heterocycles. The molecule has 1 aromatic rings. The van der Waals surface area contributed by atoms with E-state index in [1.54, 1.807) is 0 Å². The highest BCUT2D eigenvalue weighted by Crippen LogP contribution is 2.24. The van der Waals surface area contributed by atoms with Crippen molar-refractivity contribution in [1.29, 1.82) is 0 Å². The fraction of sp³-hybridized carbons (Fsp3) is 0.333. The zero-order valence-electron chi connectivity index (χ0n) is 7.22. The number of rotatable bonds is 2. The van der Waals surface area contributed by atoms with Crippen molar-refractivity contribution in [3.8, 4) is 0 Å². The van der Waals surface area contributed by atoms with Crippen molar-refractivity contribution in [3.63, 3.8) is 0 Å². The van der Waals surface area contributed by atoms with Gasteiger partial charge in [0, 0.05) is 7.14 Å². The topological polar surface area (TPSA) is 46.2 Å². The van der Waals surface area contributed by atoms with E-state index in [1.165, 1.54) is 0 Å². The summed E-state index contributed by atoms with van der Waals surface area (Å²) in [6.07, 6.45) is 0. The van der Waals surface area contributed by atoms with Crippen molar-refractivity contribution in [2.45, 2.75) is 12.5 Å². The molecule has 0 fully saturated rings. The maximum atomic E-state index is 9.13. The fourth-order valence-corrected chi connectivity index (χ4v) is 2.46. The van der Waals surface area contributed by atoms with Gasteiger partial charge in [0.05, 0.1) is 12.1 Å². The Morgan fingerprint density at radius 2 is 2.08 bits per heavy atom. The molecule has 0 saturated carbocycles. The lowest BCUT2D eigenvalue weighted by Gasteiger charge is -2.23. The lowest BCUT2D eigenvalue weighted by Crippen LogP contribution is -2.37. The lowest BCUT2D eigenvalue weighted by molar-refractivity contribution is 0.209. The molecular weight excluding hydrogens is 392 g/mol. The quantitative estimate of drug-likeness (QED) is 0.744. The molecule has 1 atom stereocenters. The van der Waals surface area contributed by atoms with Crippen LogP contribution in [0.15, 0.2) is 18.2 Å². The second-order valence-corrected chi connectivity index (χ2v) is 5.61. The zero-order valence-corrected chi connectivity index (χ0v) is 11.5. The van der Waals surface area contributed by atoms with Crippen LogP contribution in [-0.4, -0.2) is 11.7 Å². The summed E-state index contributed by atoms with van der Waals surface area (Å²) in [5.41, 5.74) is 6.31. The standard InChI is InChI=1S/C9H11I2NO/c1-9(12,5-13)7-4-6(10)2-3-8(7)11/h2-4,13H,5,12H2,1H3/t9-/m1/s1. The van der Waals surface area contributed by atoms with E-state index in [1.807, 2.05) is 25.1 Å². The normalized spacial score (nSPS) is 15.5. The molecule has 0 bridgehead atoms. The Labute approximate surface area is 105 Å². The molecular formula is C9H11I2NO. The molecule has 0 spiro atoms. The van der Waals surface area contributed by atoms with Crippen molar-refractivity contribution < 1.29 is 5.11 Å². The number of benzene rings is 1. The zero-order chi connectivity index (χ0) is 10.1. The van der Waals surface area contributed by atoms with Gasteiger partial charge in [0.1, 0.15) is 0 Å². The van der Waals surface area contributed by atoms with Gasteiger partial charge in [0.2, 0.25) is 0 Å². The molecule has 0 aromatic heterocycles. The molecule has 3 N–H and O–H groups in total. The molecule has 13 heavy (non-hydrogen) atoms. The first-order valence-electron chi connectivity index (χ1n) is 3.82. The van der Waals surface area contributed by atoms with Crippen molar-refractivity contribution in [3.05, 3.63) is 30.9 Å². The highest BCUT2D eigenvalue weighted by Gasteiger charge is 2.22. The Kier molecular flexibility index (Phi) is 3.96. The van der Waals surface area contributed by atoms with E-state index >= 15 is 0 Å². The third-order valence-electron chi connectivity index (χ3n) is 1.87. The van der Waals surface area contributed by atoms with E-state index < -0.39 is 5.54 Å². The van der Waals surface area contributed by atoms with Crippen LogP contribution in [0.2, 0.25) is 0 Å². The summed E-state index contributed by atoms with van der Waals surface area (Å²) in [7, 11) is 0. The molecule has 0 aliphatic rings. The molecule has 0 amide bonds. The third kappa shape index (κ3) is 2.77. The third-order valence-corrected chi connectivity index (χ3v) is 3.48. The number of hydrogen-bond donors (Lipinski definition) is 2. The van der Waals surface area contributed by atoms with Crippen LogP contribution in [0.5, 0.6) is 0 Å². The summed E-state index contributed by atoms with van der Waals surface area (Å²) in [4.78, 5) is 0. The van der Waals surface area contributed by atoms with Crippen molar-refractivity contribution in [2.24, 2.45) is 5.73 Å². The van der Waals surface area contributed by atoms with Crippen LogP contribution in [-0.2, 0) is 5.54 Å². The van der Waals surface area contributed by atoms with Gasteiger partial charge in [0.15, 0.2) is 0 Å². The van der Waals surface area contributed by atoms with Gasteiger partial charge in [0.25, 0.3) is 0 Å². The van der Waals surface area contributed by atoms with Gasteiger partial charge in [-0.3, -0.25) is 0 Å². The lowest BCUT2D eigenvalue weighted by atomic mass is 9.94. The SMILES string of the molecule is C[C@@](N)(CO)c1cc(I)ccc1I. The Balaban J connectivity index is 3.20. The minimum absolute atomic E-state index is 0.0386. The van der Waals surface area contributed by atoms with Gasteiger partial charge in [-0.05, 0) is 75.9 Å². The molecule has 4 heteroatoms. The van der Waals surface area contributed by atoms with Gasteiger partial charge in [-0.1, -0.05) is 0 Å². The molecule has 0 heterocycles. The summed E-state index contributed by atoms with van der Waals surface area (Å²) >= 11 is 4.47. The van der Waals surface area contributed by atoms with E-state index in [2.05, 4.69) is 45.2 Å². The number of aliphatic hydroxyl groups excluding tert-OH is 1. The van der Waals surface area contributed by atoms with Crippen molar-refractivity contribution in [2.75, 3.05) is 6.61 Å². The van der Waals surface area contributed by atoms with Crippen LogP contribution in [0.25, 0.3) is 0 Å². The van der Waals surface area contributed by atoms with Crippen molar-refractivity contribution in [1.82, 2.24) is 0 Å². The summed E-state index contributed by atoms with van der Waals surface area (Å²) < 4.78 is 2.23. The van der Waals surface area contributed by atoms with E-state index in [0.717, 1.165) is 12.7 Å². The van der Waals surface area contributed by atoms with Crippen LogP contribution in [0.1, 0.15) is 12.5 Å². The largest absolute Gasteiger partial charge is 0.394 e. The monoisotopic (exact) mass is 403 g/mol. The van der Waals surface area contributed by atoms with Gasteiger partial charge < -0.3 is 10.8 Å². The first-order valence-corrected chi connectivity index (χ1v) is 5.98. The predicted molar refractivity (Wildman–Crippen MR) is 70.5 cm³/mol. The molecule has 1 rings (SSSR count). The Morgan fingerprint density at radius 1 is 1.46 bits per heavy atom. The molecule has 0 aliphatic carbocycles. The van der Waals surface area contributed by atoms with Gasteiger partial charge in [-0.15, -0.1) is 0 Å². The summed E-state index contributed by atoms with van der Waals surface area (Å²) in [5.74, 6) is 0. The number of hydrogen-bond acceptors (Lipinski definition) is 2. The molecule has 2 nitrogen and oxygen atoms in total.